The Kier molecular flexibility index (Phi) is 3.83. The fourth-order valence-corrected chi connectivity index (χ4v) is 4.23. The summed E-state index contributed by atoms with van der Waals surface area (Å²) in [5.41, 5.74) is 1.88. The van der Waals surface area contributed by atoms with Crippen molar-refractivity contribution < 1.29 is 8.78 Å². The molecule has 5 heteroatoms. The van der Waals surface area contributed by atoms with Crippen LogP contribution in [0.1, 0.15) is 22.9 Å². The number of thiazole rings is 1. The van der Waals surface area contributed by atoms with Crippen LogP contribution in [0.5, 0.6) is 0 Å². The van der Waals surface area contributed by atoms with Gasteiger partial charge in [0.25, 0.3) is 0 Å². The van der Waals surface area contributed by atoms with E-state index >= 15 is 0 Å². The average Bonchev–Trinajstić information content (AvgIpc) is 3.17. The van der Waals surface area contributed by atoms with Crippen molar-refractivity contribution in [2.75, 3.05) is 13.1 Å². The van der Waals surface area contributed by atoms with Crippen LogP contribution in [0, 0.1) is 11.6 Å². The maximum absolute atomic E-state index is 13.3. The molecular weight excluding hydrogens is 314 g/mol. The molecule has 1 aliphatic rings. The molecule has 1 atom stereocenters. The third-order valence-electron chi connectivity index (χ3n) is 4.32. The van der Waals surface area contributed by atoms with Crippen LogP contribution in [-0.4, -0.2) is 23.0 Å². The minimum atomic E-state index is -0.789. The smallest absolute Gasteiger partial charge is 0.159 e. The molecule has 1 saturated heterocycles. The fraction of sp³-hybridized carbons (Fsp3) is 0.278. The van der Waals surface area contributed by atoms with E-state index in [2.05, 4.69) is 11.0 Å². The standard InChI is InChI=1S/C18H16F2N2S/c19-14-6-5-12(9-15(14)20)10-22-8-7-13(11-22)18-21-16-3-1-2-4-17(16)23-18/h1-6,9,13H,7-8,10-11H2. The van der Waals surface area contributed by atoms with Crippen molar-refractivity contribution in [2.45, 2.75) is 18.9 Å². The minimum absolute atomic E-state index is 0.428. The van der Waals surface area contributed by atoms with Crippen LogP contribution in [0.4, 0.5) is 8.78 Å². The average molecular weight is 330 g/mol. The van der Waals surface area contributed by atoms with E-state index in [1.54, 1.807) is 17.4 Å². The van der Waals surface area contributed by atoms with E-state index in [-0.39, 0.29) is 0 Å². The molecule has 118 valence electrons. The minimum Gasteiger partial charge on any atom is -0.298 e. The van der Waals surface area contributed by atoms with Crippen molar-refractivity contribution in [1.29, 1.82) is 0 Å². The third-order valence-corrected chi connectivity index (χ3v) is 5.52. The molecule has 0 saturated carbocycles. The quantitative estimate of drug-likeness (QED) is 0.700. The Morgan fingerprint density at radius 3 is 2.83 bits per heavy atom. The number of fused-ring (bicyclic) bond motifs is 1. The summed E-state index contributed by atoms with van der Waals surface area (Å²) >= 11 is 1.76. The molecule has 2 aromatic carbocycles. The largest absolute Gasteiger partial charge is 0.298 e. The van der Waals surface area contributed by atoms with Gasteiger partial charge in [-0.1, -0.05) is 18.2 Å². The topological polar surface area (TPSA) is 16.1 Å². The van der Waals surface area contributed by atoms with Gasteiger partial charge in [0.2, 0.25) is 0 Å². The van der Waals surface area contributed by atoms with Gasteiger partial charge in [0.1, 0.15) is 0 Å². The zero-order valence-electron chi connectivity index (χ0n) is 12.5. The van der Waals surface area contributed by atoms with Crippen molar-refractivity contribution in [3.63, 3.8) is 0 Å². The molecule has 1 fully saturated rings. The highest BCUT2D eigenvalue weighted by Gasteiger charge is 2.26. The number of halogens is 2. The monoisotopic (exact) mass is 330 g/mol. The van der Waals surface area contributed by atoms with Crippen molar-refractivity contribution in [3.05, 3.63) is 64.7 Å². The molecular formula is C18H16F2N2S. The summed E-state index contributed by atoms with van der Waals surface area (Å²) in [6, 6.07) is 12.3. The Morgan fingerprint density at radius 1 is 1.13 bits per heavy atom. The molecule has 0 amide bonds. The SMILES string of the molecule is Fc1ccc(CN2CCC(c3nc4ccccc4s3)C2)cc1F. The van der Waals surface area contributed by atoms with E-state index in [9.17, 15) is 8.78 Å². The molecule has 0 radical (unpaired) electrons. The van der Waals surface area contributed by atoms with Gasteiger partial charge in [0, 0.05) is 19.0 Å². The van der Waals surface area contributed by atoms with E-state index in [1.807, 2.05) is 18.2 Å². The van der Waals surface area contributed by atoms with E-state index in [1.165, 1.54) is 21.8 Å². The van der Waals surface area contributed by atoms with Gasteiger partial charge in [-0.25, -0.2) is 13.8 Å². The number of benzene rings is 2. The van der Waals surface area contributed by atoms with Gasteiger partial charge in [-0.15, -0.1) is 11.3 Å². The maximum Gasteiger partial charge on any atom is 0.159 e. The highest BCUT2D eigenvalue weighted by atomic mass is 32.1. The van der Waals surface area contributed by atoms with Crippen LogP contribution < -0.4 is 0 Å². The number of likely N-dealkylation sites (tertiary alicyclic amines) is 1. The molecule has 2 nitrogen and oxygen atoms in total. The first-order valence-corrected chi connectivity index (χ1v) is 8.52. The summed E-state index contributed by atoms with van der Waals surface area (Å²) in [6.07, 6.45) is 1.06. The van der Waals surface area contributed by atoms with Gasteiger partial charge in [-0.05, 0) is 42.8 Å². The second-order valence-corrected chi connectivity index (χ2v) is 7.05. The highest BCUT2D eigenvalue weighted by molar-refractivity contribution is 7.18. The molecule has 0 spiro atoms. The molecule has 2 heterocycles. The maximum atomic E-state index is 13.3. The fourth-order valence-electron chi connectivity index (χ4n) is 3.14. The molecule has 3 aromatic rings. The third kappa shape index (κ3) is 2.99. The van der Waals surface area contributed by atoms with Gasteiger partial charge in [0.05, 0.1) is 15.2 Å². The molecule has 0 aliphatic carbocycles. The summed E-state index contributed by atoms with van der Waals surface area (Å²) in [4.78, 5) is 7.03. The molecule has 1 aromatic heterocycles. The first kappa shape index (κ1) is 14.7. The van der Waals surface area contributed by atoms with Crippen LogP contribution in [-0.2, 0) is 6.54 Å². The second-order valence-electron chi connectivity index (χ2n) is 5.99. The number of hydrogen-bond donors (Lipinski definition) is 0. The van der Waals surface area contributed by atoms with Gasteiger partial charge in [-0.3, -0.25) is 4.90 Å². The van der Waals surface area contributed by atoms with E-state index < -0.39 is 11.6 Å². The molecule has 1 unspecified atom stereocenters. The summed E-state index contributed by atoms with van der Waals surface area (Å²) in [6.45, 7) is 2.52. The van der Waals surface area contributed by atoms with E-state index in [0.717, 1.165) is 30.6 Å². The van der Waals surface area contributed by atoms with E-state index in [4.69, 9.17) is 4.98 Å². The Morgan fingerprint density at radius 2 is 2.00 bits per heavy atom. The lowest BCUT2D eigenvalue weighted by molar-refractivity contribution is 0.326. The Labute approximate surface area is 137 Å². The summed E-state index contributed by atoms with van der Waals surface area (Å²) in [5.74, 6) is -1.13. The molecule has 4 rings (SSSR count). The lowest BCUT2D eigenvalue weighted by Gasteiger charge is -2.15. The first-order chi connectivity index (χ1) is 11.2. The predicted molar refractivity (Wildman–Crippen MR) is 88.6 cm³/mol. The first-order valence-electron chi connectivity index (χ1n) is 7.71. The summed E-state index contributed by atoms with van der Waals surface area (Å²) < 4.78 is 27.5. The number of para-hydroxylation sites is 1. The zero-order valence-corrected chi connectivity index (χ0v) is 13.3. The van der Waals surface area contributed by atoms with Crippen molar-refractivity contribution in [3.8, 4) is 0 Å². The van der Waals surface area contributed by atoms with Crippen molar-refractivity contribution >= 4 is 21.6 Å². The van der Waals surface area contributed by atoms with Crippen LogP contribution in [0.15, 0.2) is 42.5 Å². The van der Waals surface area contributed by atoms with Crippen molar-refractivity contribution in [2.24, 2.45) is 0 Å². The number of hydrogen-bond acceptors (Lipinski definition) is 3. The molecule has 1 aliphatic heterocycles. The molecule has 0 N–H and O–H groups in total. The highest BCUT2D eigenvalue weighted by Crippen LogP contribution is 2.33. The van der Waals surface area contributed by atoms with Gasteiger partial charge in [0.15, 0.2) is 11.6 Å². The van der Waals surface area contributed by atoms with Crippen LogP contribution in [0.3, 0.4) is 0 Å². The second kappa shape index (κ2) is 5.98. The Bertz CT molecular complexity index is 813. The van der Waals surface area contributed by atoms with Crippen LogP contribution in [0.25, 0.3) is 10.2 Å². The van der Waals surface area contributed by atoms with E-state index in [0.29, 0.717) is 12.5 Å². The Hall–Kier alpha value is -1.85. The van der Waals surface area contributed by atoms with Crippen LogP contribution in [0.2, 0.25) is 0 Å². The molecule has 23 heavy (non-hydrogen) atoms. The molecule has 0 bridgehead atoms. The normalized spacial score (nSPS) is 18.8. The summed E-state index contributed by atoms with van der Waals surface area (Å²) in [5, 5.41) is 1.18. The zero-order chi connectivity index (χ0) is 15.8. The van der Waals surface area contributed by atoms with Crippen molar-refractivity contribution in [1.82, 2.24) is 9.88 Å². The summed E-state index contributed by atoms with van der Waals surface area (Å²) in [7, 11) is 0. The van der Waals surface area contributed by atoms with Gasteiger partial charge < -0.3 is 0 Å². The Balaban J connectivity index is 1.47. The van der Waals surface area contributed by atoms with Crippen LogP contribution >= 0.6 is 11.3 Å². The van der Waals surface area contributed by atoms with Gasteiger partial charge in [-0.2, -0.15) is 0 Å². The predicted octanol–water partition coefficient (Wildman–Crippen LogP) is 4.56. The number of rotatable bonds is 3. The lowest BCUT2D eigenvalue weighted by Crippen LogP contribution is -2.19. The number of nitrogens with zero attached hydrogens (tertiary/aromatic N) is 2. The lowest BCUT2D eigenvalue weighted by atomic mass is 10.1. The number of aromatic nitrogens is 1. The van der Waals surface area contributed by atoms with Gasteiger partial charge >= 0.3 is 0 Å².